The molecule has 366 valence electrons. The average molecular weight is 989 g/mol. The zero-order valence-corrected chi connectivity index (χ0v) is 41.4. The summed E-state index contributed by atoms with van der Waals surface area (Å²) < 4.78 is 46.7. The van der Waals surface area contributed by atoms with E-state index in [2.05, 4.69) is 69.3 Å². The standard InChI is InChI=1S/C35H35FN4O5.C21H24ClNO.ClH/c1-39-34(19-24-7-4-3-5-8-24)38-23-27(35(39)41)25-9-10-31(28(36)20-25)45-30-11-12-37-29-22-33(32(42-2)21-26(29)30)44-16-6-13-40-14-17-43-18-15-40;1-23-18-11-12-19(23)14-20(13-18)24-21(15-5-3-2-4-6-15)16-7-9-17(22)10-8-16;/h3-5,7-12,20-23H,6,13-19H2,1-2H3;2-10,18-21H,11-14H2,1H3;1H. The van der Waals surface area contributed by atoms with Crippen molar-refractivity contribution in [2.45, 2.75) is 62.8 Å². The van der Waals surface area contributed by atoms with Crippen LogP contribution < -0.4 is 19.8 Å². The monoisotopic (exact) mass is 987 g/mol. The maximum Gasteiger partial charge on any atom is 0.261 e. The summed E-state index contributed by atoms with van der Waals surface area (Å²) in [6.07, 6.45) is 9.72. The third-order valence-corrected chi connectivity index (χ3v) is 13.8. The first-order valence-electron chi connectivity index (χ1n) is 23.8. The molecule has 0 radical (unpaired) electrons. The third-order valence-electron chi connectivity index (χ3n) is 13.6. The van der Waals surface area contributed by atoms with E-state index in [0.29, 0.717) is 76.3 Å². The van der Waals surface area contributed by atoms with E-state index in [1.165, 1.54) is 46.9 Å². The van der Waals surface area contributed by atoms with Crippen LogP contribution in [0.3, 0.4) is 0 Å². The Morgan fingerprint density at radius 1 is 0.800 bits per heavy atom. The van der Waals surface area contributed by atoms with Crippen molar-refractivity contribution >= 4 is 34.9 Å². The van der Waals surface area contributed by atoms with Gasteiger partial charge in [-0.25, -0.2) is 9.37 Å². The summed E-state index contributed by atoms with van der Waals surface area (Å²) in [6.45, 7) is 4.88. The lowest BCUT2D eigenvalue weighted by Crippen LogP contribution is -2.43. The number of nitrogens with zero attached hydrogens (tertiary/aromatic N) is 5. The SMILES string of the molecule is CN1C2CCC1CC(OC(c1ccccc1)c1ccc(Cl)cc1)C2.COc1cc2c(Oc3ccc(-c4cnc(Cc5ccccc5)n(C)c4=O)cc3F)ccnc2cc1OCCCN1CCOCC1.Cl. The Bertz CT molecular complexity index is 2860. The summed E-state index contributed by atoms with van der Waals surface area (Å²) in [5.41, 5.74) is 4.52. The molecule has 3 saturated heterocycles. The number of fused-ring (bicyclic) bond motifs is 3. The molecule has 3 aliphatic rings. The second kappa shape index (κ2) is 23.8. The highest BCUT2D eigenvalue weighted by Crippen LogP contribution is 2.40. The lowest BCUT2D eigenvalue weighted by molar-refractivity contribution is -0.0426. The molecule has 2 bridgehead atoms. The molecule has 3 aliphatic heterocycles. The van der Waals surface area contributed by atoms with Gasteiger partial charge in [0.15, 0.2) is 23.1 Å². The van der Waals surface area contributed by atoms with E-state index in [4.69, 9.17) is 35.3 Å². The molecule has 14 heteroatoms. The number of benzene rings is 5. The number of rotatable bonds is 15. The number of aromatic nitrogens is 3. The van der Waals surface area contributed by atoms with E-state index in [-0.39, 0.29) is 29.8 Å². The number of hydrogen-bond acceptors (Lipinski definition) is 10. The Hall–Kier alpha value is -5.86. The highest BCUT2D eigenvalue weighted by Gasteiger charge is 2.40. The van der Waals surface area contributed by atoms with Crippen LogP contribution in [0.5, 0.6) is 23.0 Å². The van der Waals surface area contributed by atoms with Crippen LogP contribution in [0.25, 0.3) is 22.0 Å². The molecule has 70 heavy (non-hydrogen) atoms. The molecule has 5 heterocycles. The van der Waals surface area contributed by atoms with E-state index in [9.17, 15) is 4.79 Å². The van der Waals surface area contributed by atoms with Crippen molar-refractivity contribution in [3.63, 3.8) is 0 Å². The van der Waals surface area contributed by atoms with Crippen LogP contribution >= 0.6 is 24.0 Å². The van der Waals surface area contributed by atoms with E-state index < -0.39 is 5.82 Å². The second-order valence-corrected chi connectivity index (χ2v) is 18.4. The molecular weight excluding hydrogens is 929 g/mol. The third kappa shape index (κ3) is 12.2. The highest BCUT2D eigenvalue weighted by molar-refractivity contribution is 6.30. The van der Waals surface area contributed by atoms with Crippen molar-refractivity contribution < 1.29 is 28.1 Å². The van der Waals surface area contributed by atoms with Gasteiger partial charge < -0.3 is 28.6 Å². The van der Waals surface area contributed by atoms with Crippen molar-refractivity contribution in [2.75, 3.05) is 53.6 Å². The Morgan fingerprint density at radius 2 is 1.50 bits per heavy atom. The molecule has 3 fully saturated rings. The first kappa shape index (κ1) is 50.5. The molecule has 5 aromatic carbocycles. The molecule has 2 aromatic heterocycles. The molecule has 0 aliphatic carbocycles. The highest BCUT2D eigenvalue weighted by atomic mass is 35.5. The van der Waals surface area contributed by atoms with Gasteiger partial charge in [0.1, 0.15) is 17.7 Å². The van der Waals surface area contributed by atoms with Crippen LogP contribution in [0.2, 0.25) is 5.02 Å². The summed E-state index contributed by atoms with van der Waals surface area (Å²) in [5, 5.41) is 1.41. The van der Waals surface area contributed by atoms with Crippen LogP contribution in [-0.2, 0) is 22.9 Å². The summed E-state index contributed by atoms with van der Waals surface area (Å²) in [5.74, 6) is 1.54. The zero-order chi connectivity index (χ0) is 47.7. The van der Waals surface area contributed by atoms with Gasteiger partial charge in [0.25, 0.3) is 5.56 Å². The quantitative estimate of drug-likeness (QED) is 0.0923. The van der Waals surface area contributed by atoms with Crippen LogP contribution in [0.1, 0.15) is 60.7 Å². The Kier molecular flexibility index (Phi) is 17.2. The summed E-state index contributed by atoms with van der Waals surface area (Å²) >= 11 is 6.07. The van der Waals surface area contributed by atoms with Crippen LogP contribution in [0, 0.1) is 5.82 Å². The van der Waals surface area contributed by atoms with Gasteiger partial charge in [0.05, 0.1) is 44.1 Å². The lowest BCUT2D eigenvalue weighted by atomic mass is 9.97. The van der Waals surface area contributed by atoms with E-state index in [1.807, 2.05) is 42.5 Å². The number of halogens is 3. The first-order valence-corrected chi connectivity index (χ1v) is 24.2. The molecule has 3 unspecified atom stereocenters. The number of pyridine rings is 1. The fourth-order valence-corrected chi connectivity index (χ4v) is 9.78. The minimum Gasteiger partial charge on any atom is -0.493 e. The molecule has 0 N–H and O–H groups in total. The fraction of sp³-hybridized carbons (Fsp3) is 0.339. The fourth-order valence-electron chi connectivity index (χ4n) is 9.65. The van der Waals surface area contributed by atoms with Crippen molar-refractivity contribution in [3.05, 3.63) is 177 Å². The van der Waals surface area contributed by atoms with Gasteiger partial charge in [-0.2, -0.15) is 0 Å². The van der Waals surface area contributed by atoms with Gasteiger partial charge in [-0.3, -0.25) is 19.2 Å². The van der Waals surface area contributed by atoms with E-state index in [1.54, 1.807) is 44.6 Å². The normalized spacial score (nSPS) is 18.3. The van der Waals surface area contributed by atoms with Gasteiger partial charge in [-0.1, -0.05) is 90.5 Å². The topological polar surface area (TPSA) is 100 Å². The van der Waals surface area contributed by atoms with Crippen LogP contribution in [-0.4, -0.2) is 96.1 Å². The van der Waals surface area contributed by atoms with Crippen molar-refractivity contribution in [1.29, 1.82) is 0 Å². The maximum atomic E-state index is 15.4. The number of ether oxygens (including phenoxy) is 5. The molecule has 0 spiro atoms. The van der Waals surface area contributed by atoms with Gasteiger partial charge in [-0.15, -0.1) is 12.4 Å². The number of methoxy groups -OCH3 is 1. The lowest BCUT2D eigenvalue weighted by Gasteiger charge is -2.38. The second-order valence-electron chi connectivity index (χ2n) is 18.0. The molecule has 11 nitrogen and oxygen atoms in total. The average Bonchev–Trinajstić information content (AvgIpc) is 3.56. The summed E-state index contributed by atoms with van der Waals surface area (Å²) in [7, 11) is 5.52. The van der Waals surface area contributed by atoms with E-state index in [0.717, 1.165) is 62.7 Å². The summed E-state index contributed by atoms with van der Waals surface area (Å²) in [6, 6.07) is 39.5. The number of morpholine rings is 1. The molecule has 10 rings (SSSR count). The molecule has 3 atom stereocenters. The predicted octanol–water partition coefficient (Wildman–Crippen LogP) is 11.1. The number of hydrogen-bond donors (Lipinski definition) is 0. The Labute approximate surface area is 420 Å². The van der Waals surface area contributed by atoms with Crippen molar-refractivity contribution in [2.24, 2.45) is 7.05 Å². The Morgan fingerprint density at radius 3 is 2.20 bits per heavy atom. The van der Waals surface area contributed by atoms with E-state index >= 15 is 4.39 Å². The molecule has 0 amide bonds. The minimum absolute atomic E-state index is 0. The van der Waals surface area contributed by atoms with Gasteiger partial charge in [0, 0.05) is 74.1 Å². The largest absolute Gasteiger partial charge is 0.493 e. The molecule has 7 aromatic rings. The van der Waals surface area contributed by atoms with Crippen molar-refractivity contribution in [3.8, 4) is 34.1 Å². The first-order chi connectivity index (χ1) is 33.7. The van der Waals surface area contributed by atoms with Gasteiger partial charge in [0.2, 0.25) is 0 Å². The van der Waals surface area contributed by atoms with Crippen LogP contribution in [0.15, 0.2) is 139 Å². The minimum atomic E-state index is -0.611. The van der Waals surface area contributed by atoms with Gasteiger partial charge in [-0.05, 0) is 97.8 Å². The Balaban J connectivity index is 0.000000221. The molecular formula is C56H60Cl2FN5O6. The number of piperidine rings is 1. The zero-order valence-electron chi connectivity index (χ0n) is 39.8. The van der Waals surface area contributed by atoms with Crippen LogP contribution in [0.4, 0.5) is 4.39 Å². The van der Waals surface area contributed by atoms with Gasteiger partial charge >= 0.3 is 0 Å². The molecule has 0 saturated carbocycles. The summed E-state index contributed by atoms with van der Waals surface area (Å²) in [4.78, 5) is 27.1. The maximum absolute atomic E-state index is 15.4. The van der Waals surface area contributed by atoms with Crippen molar-refractivity contribution in [1.82, 2.24) is 24.3 Å². The predicted molar refractivity (Wildman–Crippen MR) is 276 cm³/mol. The smallest absolute Gasteiger partial charge is 0.261 e.